The summed E-state index contributed by atoms with van der Waals surface area (Å²) >= 11 is 0. The maximum absolute atomic E-state index is 13.9. The van der Waals surface area contributed by atoms with E-state index in [2.05, 4.69) is 9.67 Å². The van der Waals surface area contributed by atoms with Gasteiger partial charge in [0.05, 0.1) is 23.0 Å². The van der Waals surface area contributed by atoms with Crippen molar-refractivity contribution in [1.82, 2.24) is 14.3 Å². The Balaban J connectivity index is 1.83. The highest BCUT2D eigenvalue weighted by Gasteiger charge is 2.30. The second-order valence-electron chi connectivity index (χ2n) is 11.1. The van der Waals surface area contributed by atoms with Gasteiger partial charge in [0.15, 0.2) is 0 Å². The van der Waals surface area contributed by atoms with Crippen LogP contribution in [0.5, 0.6) is 0 Å². The van der Waals surface area contributed by atoms with Gasteiger partial charge in [-0.15, -0.1) is 0 Å². The molecule has 0 saturated carbocycles. The maximum Gasteiger partial charge on any atom is 0.252 e. The monoisotopic (exact) mass is 539 g/mol. The summed E-state index contributed by atoms with van der Waals surface area (Å²) in [6, 6.07) is 10.4. The van der Waals surface area contributed by atoms with E-state index in [0.717, 1.165) is 46.1 Å². The second kappa shape index (κ2) is 9.93. The minimum absolute atomic E-state index is 0.0282. The van der Waals surface area contributed by atoms with Gasteiger partial charge < -0.3 is 9.30 Å². The number of aryl methyl sites for hydroxylation is 1. The molecule has 1 aliphatic heterocycles. The maximum atomic E-state index is 13.9. The third-order valence-corrected chi connectivity index (χ3v) is 9.14. The van der Waals surface area contributed by atoms with Crippen molar-refractivity contribution in [1.29, 1.82) is 0 Å². The van der Waals surface area contributed by atoms with Crippen LogP contribution in [0.2, 0.25) is 0 Å². The number of benzene rings is 2. The van der Waals surface area contributed by atoms with Crippen molar-refractivity contribution in [3.63, 3.8) is 0 Å². The predicted octanol–water partition coefficient (Wildman–Crippen LogP) is 5.68. The van der Waals surface area contributed by atoms with E-state index in [0.29, 0.717) is 25.2 Å². The molecule has 0 unspecified atom stereocenters. The van der Waals surface area contributed by atoms with Crippen LogP contribution < -0.4 is 0 Å². The van der Waals surface area contributed by atoms with Crippen molar-refractivity contribution < 1.29 is 22.3 Å². The number of nitrogens with zero attached hydrogens (tertiary/aromatic N) is 3. The number of sulfone groups is 1. The predicted molar refractivity (Wildman–Crippen MR) is 147 cm³/mol. The molecule has 4 aromatic rings. The molecule has 2 aromatic heterocycles. The van der Waals surface area contributed by atoms with Crippen LogP contribution >= 0.6 is 0 Å². The highest BCUT2D eigenvalue weighted by atomic mass is 32.2. The summed E-state index contributed by atoms with van der Waals surface area (Å²) in [5.41, 5.74) is 3.74. The number of fused-ring (bicyclic) bond motifs is 2. The molecule has 0 atom stereocenters. The van der Waals surface area contributed by atoms with Gasteiger partial charge >= 0.3 is 0 Å². The molecule has 2 aromatic carbocycles. The Hall–Kier alpha value is -3.04. The molecule has 0 amide bonds. The number of rotatable bonds is 6. The molecule has 0 radical (unpaired) electrons. The van der Waals surface area contributed by atoms with Gasteiger partial charge in [0.2, 0.25) is 0 Å². The SMILES string of the molecule is CCS(=O)(=O)CCc1c(C2CCOCC2)n(-c2ccc(F)cc2)c2cc3cnn(C(=O)C(C)(C)C)c3cc12. The zero-order valence-electron chi connectivity index (χ0n) is 22.3. The van der Waals surface area contributed by atoms with Crippen LogP contribution in [-0.2, 0) is 21.0 Å². The van der Waals surface area contributed by atoms with E-state index in [-0.39, 0.29) is 29.1 Å². The molecule has 0 spiro atoms. The van der Waals surface area contributed by atoms with Crippen LogP contribution in [0.4, 0.5) is 4.39 Å². The van der Waals surface area contributed by atoms with Crippen LogP contribution in [0.25, 0.3) is 27.5 Å². The van der Waals surface area contributed by atoms with Crippen LogP contribution in [0.3, 0.4) is 0 Å². The highest BCUT2D eigenvalue weighted by Crippen LogP contribution is 2.40. The van der Waals surface area contributed by atoms with Crippen molar-refractivity contribution in [2.45, 2.75) is 52.9 Å². The lowest BCUT2D eigenvalue weighted by Crippen LogP contribution is -2.27. The molecule has 0 aliphatic carbocycles. The summed E-state index contributed by atoms with van der Waals surface area (Å²) in [5.74, 6) is -0.189. The van der Waals surface area contributed by atoms with Crippen molar-refractivity contribution in [2.75, 3.05) is 24.7 Å². The van der Waals surface area contributed by atoms with Gasteiger partial charge in [0.1, 0.15) is 15.7 Å². The summed E-state index contributed by atoms with van der Waals surface area (Å²) in [7, 11) is -3.22. The standard InChI is InChI=1S/C29H34FN3O4S/c1-5-38(35,36)15-12-23-24-17-25-20(18-31-33(25)28(34)29(2,3)4)16-26(24)32(22-8-6-21(30)7-9-22)27(23)19-10-13-37-14-11-19/h6-9,16-19H,5,10-15H2,1-4H3. The van der Waals surface area contributed by atoms with Gasteiger partial charge in [0, 0.05) is 52.5 Å². The summed E-state index contributed by atoms with van der Waals surface area (Å²) in [5, 5.41) is 6.11. The molecule has 7 nitrogen and oxygen atoms in total. The number of hydrogen-bond acceptors (Lipinski definition) is 5. The number of carbonyl (C=O) groups excluding carboxylic acids is 1. The molecule has 3 heterocycles. The van der Waals surface area contributed by atoms with Gasteiger partial charge in [-0.25, -0.2) is 12.8 Å². The topological polar surface area (TPSA) is 83.2 Å². The fourth-order valence-corrected chi connectivity index (χ4v) is 6.11. The molecule has 202 valence electrons. The lowest BCUT2D eigenvalue weighted by atomic mass is 9.91. The van der Waals surface area contributed by atoms with E-state index in [1.807, 2.05) is 32.9 Å². The number of carbonyl (C=O) groups is 1. The number of hydrogen-bond donors (Lipinski definition) is 0. The first-order valence-corrected chi connectivity index (χ1v) is 15.0. The third-order valence-electron chi connectivity index (χ3n) is 7.43. The Kier molecular flexibility index (Phi) is 6.94. The normalized spacial score (nSPS) is 15.5. The summed E-state index contributed by atoms with van der Waals surface area (Å²) in [6.07, 6.45) is 3.65. The van der Waals surface area contributed by atoms with Crippen LogP contribution in [-0.4, -0.2) is 53.4 Å². The molecule has 1 aliphatic rings. The third kappa shape index (κ3) is 4.89. The van der Waals surface area contributed by atoms with Crippen LogP contribution in [0, 0.1) is 11.2 Å². The van der Waals surface area contributed by atoms with E-state index in [9.17, 15) is 17.6 Å². The average molecular weight is 540 g/mol. The zero-order chi connectivity index (χ0) is 27.2. The first-order chi connectivity index (χ1) is 18.0. The minimum Gasteiger partial charge on any atom is -0.381 e. The Bertz CT molecular complexity index is 1610. The first-order valence-electron chi connectivity index (χ1n) is 13.1. The molecular formula is C29H34FN3O4S. The van der Waals surface area contributed by atoms with E-state index in [1.54, 1.807) is 25.3 Å². The van der Waals surface area contributed by atoms with Gasteiger partial charge in [-0.2, -0.15) is 9.78 Å². The van der Waals surface area contributed by atoms with E-state index in [1.165, 1.54) is 16.8 Å². The summed E-state index contributed by atoms with van der Waals surface area (Å²) in [6.45, 7) is 8.49. The molecular weight excluding hydrogens is 505 g/mol. The van der Waals surface area contributed by atoms with Gasteiger partial charge in [-0.1, -0.05) is 27.7 Å². The minimum atomic E-state index is -3.22. The average Bonchev–Trinajstić information content (AvgIpc) is 3.44. The van der Waals surface area contributed by atoms with Crippen molar-refractivity contribution in [2.24, 2.45) is 5.41 Å². The quantitative estimate of drug-likeness (QED) is 0.315. The van der Waals surface area contributed by atoms with E-state index < -0.39 is 15.3 Å². The molecule has 5 rings (SSSR count). The fourth-order valence-electron chi connectivity index (χ4n) is 5.30. The van der Waals surface area contributed by atoms with Crippen LogP contribution in [0.1, 0.15) is 62.5 Å². The van der Waals surface area contributed by atoms with Gasteiger partial charge in [0.25, 0.3) is 5.91 Å². The largest absolute Gasteiger partial charge is 0.381 e. The first kappa shape index (κ1) is 26.6. The molecule has 0 N–H and O–H groups in total. The zero-order valence-corrected chi connectivity index (χ0v) is 23.1. The molecule has 9 heteroatoms. The van der Waals surface area contributed by atoms with Gasteiger partial charge in [-0.3, -0.25) is 4.79 Å². The number of ether oxygens (including phenoxy) is 1. The Morgan fingerprint density at radius 3 is 2.42 bits per heavy atom. The number of aromatic nitrogens is 3. The highest BCUT2D eigenvalue weighted by molar-refractivity contribution is 7.91. The van der Waals surface area contributed by atoms with Crippen LogP contribution in [0.15, 0.2) is 42.6 Å². The Morgan fingerprint density at radius 1 is 1.11 bits per heavy atom. The Morgan fingerprint density at radius 2 is 1.79 bits per heavy atom. The van der Waals surface area contributed by atoms with E-state index in [4.69, 9.17) is 4.74 Å². The summed E-state index contributed by atoms with van der Waals surface area (Å²) < 4.78 is 48.4. The second-order valence-corrected chi connectivity index (χ2v) is 13.6. The molecule has 38 heavy (non-hydrogen) atoms. The molecule has 1 fully saturated rings. The van der Waals surface area contributed by atoms with Crippen molar-refractivity contribution in [3.8, 4) is 5.69 Å². The smallest absolute Gasteiger partial charge is 0.252 e. The summed E-state index contributed by atoms with van der Waals surface area (Å²) in [4.78, 5) is 13.2. The number of halogens is 1. The van der Waals surface area contributed by atoms with Gasteiger partial charge in [-0.05, 0) is 61.2 Å². The van der Waals surface area contributed by atoms with Crippen molar-refractivity contribution in [3.05, 3.63) is 59.7 Å². The molecule has 0 bridgehead atoms. The fraction of sp³-hybridized carbons (Fsp3) is 0.448. The lowest BCUT2D eigenvalue weighted by molar-refractivity contribution is 0.0755. The lowest BCUT2D eigenvalue weighted by Gasteiger charge is -2.25. The van der Waals surface area contributed by atoms with E-state index >= 15 is 0 Å². The molecule has 1 saturated heterocycles. The Labute approximate surface area is 222 Å². The van der Waals surface area contributed by atoms with Crippen molar-refractivity contribution >= 4 is 37.6 Å².